The molecule has 0 saturated heterocycles. The quantitative estimate of drug-likeness (QED) is 0.733. The van der Waals surface area contributed by atoms with Crippen LogP contribution in [-0.4, -0.2) is 21.1 Å². The van der Waals surface area contributed by atoms with Crippen molar-refractivity contribution in [3.05, 3.63) is 36.4 Å². The number of quaternary nitrogens is 1. The van der Waals surface area contributed by atoms with E-state index in [1.807, 2.05) is 0 Å². The summed E-state index contributed by atoms with van der Waals surface area (Å²) >= 11 is 0. The van der Waals surface area contributed by atoms with Gasteiger partial charge in [0, 0.05) is 14.1 Å². The van der Waals surface area contributed by atoms with E-state index in [0.717, 1.165) is 0 Å². The van der Waals surface area contributed by atoms with Gasteiger partial charge in [0.25, 0.3) is 0 Å². The Balaban J connectivity index is 2.81. The van der Waals surface area contributed by atoms with Crippen LogP contribution < -0.4 is 10.2 Å². The highest BCUT2D eigenvalue weighted by atomic mass is 15.1. The Kier molecular flexibility index (Phi) is 2.60. The van der Waals surface area contributed by atoms with Crippen molar-refractivity contribution >= 4 is 22.1 Å². The highest BCUT2D eigenvalue weighted by Gasteiger charge is 2.08. The summed E-state index contributed by atoms with van der Waals surface area (Å²) in [6.07, 6.45) is 0. The Morgan fingerprint density at radius 1 is 1.00 bits per heavy atom. The standard InChI is InChI=1S/C13H16N2/c1-14-11-8-4-6-10-7-5-9-12(13(10)11)15(2)3/h4-9,14H,1-3H3/p+1. The van der Waals surface area contributed by atoms with E-state index in [1.165, 1.54) is 22.1 Å². The Morgan fingerprint density at radius 3 is 2.27 bits per heavy atom. The van der Waals surface area contributed by atoms with Gasteiger partial charge >= 0.3 is 0 Å². The van der Waals surface area contributed by atoms with E-state index < -0.39 is 0 Å². The zero-order valence-corrected chi connectivity index (χ0v) is 9.49. The third-order valence-corrected chi connectivity index (χ3v) is 2.71. The molecule has 2 heteroatoms. The number of fused-ring (bicyclic) bond motifs is 1. The Morgan fingerprint density at radius 2 is 1.67 bits per heavy atom. The monoisotopic (exact) mass is 201 g/mol. The minimum atomic E-state index is 1.28. The van der Waals surface area contributed by atoms with Gasteiger partial charge in [-0.05, 0) is 17.5 Å². The molecule has 0 heterocycles. The van der Waals surface area contributed by atoms with Gasteiger partial charge < -0.3 is 10.2 Å². The van der Waals surface area contributed by atoms with Crippen molar-refractivity contribution in [2.75, 3.05) is 26.0 Å². The molecule has 0 radical (unpaired) electrons. The Hall–Kier alpha value is -1.54. The normalized spacial score (nSPS) is 10.6. The van der Waals surface area contributed by atoms with E-state index in [-0.39, 0.29) is 0 Å². The summed E-state index contributed by atoms with van der Waals surface area (Å²) in [5.41, 5.74) is 2.58. The van der Waals surface area contributed by atoms with Gasteiger partial charge in [-0.1, -0.05) is 24.3 Å². The molecular formula is C13H17N2+. The maximum absolute atomic E-state index is 2.16. The van der Waals surface area contributed by atoms with Gasteiger partial charge in [-0.2, -0.15) is 0 Å². The van der Waals surface area contributed by atoms with Crippen LogP contribution in [0.4, 0.5) is 11.4 Å². The van der Waals surface area contributed by atoms with Crippen LogP contribution in [0.3, 0.4) is 0 Å². The van der Waals surface area contributed by atoms with Crippen molar-refractivity contribution in [1.29, 1.82) is 0 Å². The maximum atomic E-state index is 2.16. The van der Waals surface area contributed by atoms with Crippen LogP contribution >= 0.6 is 0 Å². The summed E-state index contributed by atoms with van der Waals surface area (Å²) in [4.78, 5) is 2.16. The van der Waals surface area contributed by atoms with E-state index in [2.05, 4.69) is 67.8 Å². The number of hydrogen-bond donors (Lipinski definition) is 1. The molecule has 2 nitrogen and oxygen atoms in total. The molecule has 0 fully saturated rings. The predicted molar refractivity (Wildman–Crippen MR) is 65.8 cm³/mol. The van der Waals surface area contributed by atoms with Crippen LogP contribution in [0.2, 0.25) is 0 Å². The molecule has 0 atom stereocenters. The van der Waals surface area contributed by atoms with Gasteiger partial charge in [0.15, 0.2) is 0 Å². The molecule has 2 aromatic rings. The summed E-state index contributed by atoms with van der Waals surface area (Å²) < 4.78 is 0. The molecule has 78 valence electrons. The second-order valence-corrected chi connectivity index (χ2v) is 3.91. The van der Waals surface area contributed by atoms with Gasteiger partial charge in [0.2, 0.25) is 0 Å². The molecule has 0 aliphatic rings. The molecule has 2 N–H and O–H groups in total. The van der Waals surface area contributed by atoms with Gasteiger partial charge in [-0.3, -0.25) is 0 Å². The fraction of sp³-hybridized carbons (Fsp3) is 0.231. The van der Waals surface area contributed by atoms with Crippen LogP contribution in [0.25, 0.3) is 10.8 Å². The van der Waals surface area contributed by atoms with Crippen molar-refractivity contribution in [2.24, 2.45) is 0 Å². The number of benzene rings is 2. The average Bonchev–Trinajstić information content (AvgIpc) is 2.27. The number of nitrogens with two attached hydrogens (primary N) is 1. The molecule has 0 spiro atoms. The topological polar surface area (TPSA) is 19.9 Å². The molecule has 2 aromatic carbocycles. The van der Waals surface area contributed by atoms with Crippen molar-refractivity contribution in [1.82, 2.24) is 0 Å². The summed E-state index contributed by atoms with van der Waals surface area (Å²) in [6, 6.07) is 12.9. The zero-order chi connectivity index (χ0) is 10.8. The smallest absolute Gasteiger partial charge is 0.139 e. The molecule has 0 saturated carbocycles. The Labute approximate surface area is 90.5 Å². The van der Waals surface area contributed by atoms with Crippen molar-refractivity contribution in [3.8, 4) is 0 Å². The molecule has 2 rings (SSSR count). The van der Waals surface area contributed by atoms with E-state index in [1.54, 1.807) is 0 Å². The third kappa shape index (κ3) is 1.68. The van der Waals surface area contributed by atoms with E-state index >= 15 is 0 Å². The molecule has 0 bridgehead atoms. The molecule has 0 aliphatic carbocycles. The second-order valence-electron chi connectivity index (χ2n) is 3.91. The lowest BCUT2D eigenvalue weighted by Gasteiger charge is -2.16. The van der Waals surface area contributed by atoms with Crippen LogP contribution in [0, 0.1) is 0 Å². The van der Waals surface area contributed by atoms with Crippen LogP contribution in [0.1, 0.15) is 0 Å². The molecule has 0 amide bonds. The van der Waals surface area contributed by atoms with E-state index in [9.17, 15) is 0 Å². The third-order valence-electron chi connectivity index (χ3n) is 2.71. The first-order chi connectivity index (χ1) is 7.24. The molecule has 0 aromatic heterocycles. The van der Waals surface area contributed by atoms with E-state index in [4.69, 9.17) is 0 Å². The zero-order valence-electron chi connectivity index (χ0n) is 9.49. The summed E-state index contributed by atoms with van der Waals surface area (Å²) in [5, 5.41) is 4.80. The minimum absolute atomic E-state index is 1.28. The van der Waals surface area contributed by atoms with Crippen LogP contribution in [-0.2, 0) is 0 Å². The van der Waals surface area contributed by atoms with E-state index in [0.29, 0.717) is 0 Å². The van der Waals surface area contributed by atoms with Crippen LogP contribution in [0.5, 0.6) is 0 Å². The average molecular weight is 201 g/mol. The fourth-order valence-electron chi connectivity index (χ4n) is 1.96. The summed E-state index contributed by atoms with van der Waals surface area (Å²) in [5.74, 6) is 0. The lowest BCUT2D eigenvalue weighted by atomic mass is 10.1. The first kappa shape index (κ1) is 9.99. The SMILES string of the molecule is C[NH2+]c1cccc2cccc(N(C)C)c12. The maximum Gasteiger partial charge on any atom is 0.139 e. The highest BCUT2D eigenvalue weighted by Crippen LogP contribution is 2.29. The fourth-order valence-corrected chi connectivity index (χ4v) is 1.96. The highest BCUT2D eigenvalue weighted by molar-refractivity contribution is 6.00. The van der Waals surface area contributed by atoms with Crippen molar-refractivity contribution in [3.63, 3.8) is 0 Å². The molecular weight excluding hydrogens is 184 g/mol. The van der Waals surface area contributed by atoms with Gasteiger partial charge in [-0.25, -0.2) is 0 Å². The number of rotatable bonds is 2. The lowest BCUT2D eigenvalue weighted by molar-refractivity contribution is -0.537. The second kappa shape index (κ2) is 3.91. The number of anilines is 1. The van der Waals surface area contributed by atoms with Gasteiger partial charge in [0.1, 0.15) is 5.69 Å². The summed E-state index contributed by atoms with van der Waals surface area (Å²) in [6.45, 7) is 0. The first-order valence-electron chi connectivity index (χ1n) is 5.22. The molecule has 0 aliphatic heterocycles. The minimum Gasteiger partial charge on any atom is -0.377 e. The molecule has 0 unspecified atom stereocenters. The van der Waals surface area contributed by atoms with Crippen LogP contribution in [0.15, 0.2) is 36.4 Å². The predicted octanol–water partition coefficient (Wildman–Crippen LogP) is 1.73. The Bertz CT molecular complexity index is 470. The summed E-state index contributed by atoms with van der Waals surface area (Å²) in [7, 11) is 6.25. The van der Waals surface area contributed by atoms with Crippen molar-refractivity contribution < 1.29 is 5.32 Å². The number of hydrogen-bond acceptors (Lipinski definition) is 1. The lowest BCUT2D eigenvalue weighted by Crippen LogP contribution is -2.72. The van der Waals surface area contributed by atoms with Crippen molar-refractivity contribution in [2.45, 2.75) is 0 Å². The molecule has 15 heavy (non-hydrogen) atoms. The van der Waals surface area contributed by atoms with Gasteiger partial charge in [-0.15, -0.1) is 0 Å². The first-order valence-corrected chi connectivity index (χ1v) is 5.22. The van der Waals surface area contributed by atoms with Gasteiger partial charge in [0.05, 0.1) is 18.1 Å². The number of nitrogens with zero attached hydrogens (tertiary/aromatic N) is 1. The largest absolute Gasteiger partial charge is 0.377 e.